The van der Waals surface area contributed by atoms with Crippen LogP contribution in [0.5, 0.6) is 0 Å². The van der Waals surface area contributed by atoms with Crippen molar-refractivity contribution in [3.05, 3.63) is 24.0 Å². The van der Waals surface area contributed by atoms with Crippen LogP contribution < -0.4 is 4.72 Å². The molecule has 1 aliphatic heterocycles. The van der Waals surface area contributed by atoms with Crippen LogP contribution in [0.25, 0.3) is 0 Å². The molecule has 2 rings (SSSR count). The maximum absolute atomic E-state index is 12.3. The van der Waals surface area contributed by atoms with Crippen LogP contribution in [0, 0.1) is 12.8 Å². The van der Waals surface area contributed by atoms with Crippen LogP contribution in [0.3, 0.4) is 0 Å². The summed E-state index contributed by atoms with van der Waals surface area (Å²) in [6.07, 6.45) is 4.12. The minimum Gasteiger partial charge on any atom is -0.481 e. The number of aryl methyl sites for hydroxylation is 1. The molecule has 20 heavy (non-hydrogen) atoms. The minimum atomic E-state index is -3.73. The van der Waals surface area contributed by atoms with Gasteiger partial charge in [0.1, 0.15) is 0 Å². The van der Waals surface area contributed by atoms with E-state index in [2.05, 4.69) is 9.71 Å². The number of anilines is 1. The summed E-state index contributed by atoms with van der Waals surface area (Å²) in [5, 5.41) is 9.01. The van der Waals surface area contributed by atoms with Crippen LogP contribution >= 0.6 is 0 Å². The van der Waals surface area contributed by atoms with Crippen molar-refractivity contribution in [2.45, 2.75) is 19.8 Å². The van der Waals surface area contributed by atoms with Crippen molar-refractivity contribution in [3.63, 3.8) is 0 Å². The second kappa shape index (κ2) is 5.76. The number of aromatic nitrogens is 1. The van der Waals surface area contributed by atoms with E-state index in [9.17, 15) is 13.2 Å². The fourth-order valence-corrected chi connectivity index (χ4v) is 3.54. The van der Waals surface area contributed by atoms with E-state index in [0.29, 0.717) is 30.6 Å². The smallest absolute Gasteiger partial charge is 0.307 e. The van der Waals surface area contributed by atoms with Crippen LogP contribution in [0.2, 0.25) is 0 Å². The van der Waals surface area contributed by atoms with Gasteiger partial charge < -0.3 is 5.11 Å². The molecule has 1 aliphatic rings. The normalized spacial score (nSPS) is 20.6. The van der Waals surface area contributed by atoms with E-state index < -0.39 is 22.1 Å². The van der Waals surface area contributed by atoms with Crippen molar-refractivity contribution in [2.24, 2.45) is 5.92 Å². The monoisotopic (exact) mass is 299 g/mol. The number of nitrogens with one attached hydrogen (secondary N) is 1. The van der Waals surface area contributed by atoms with Crippen LogP contribution in [0.1, 0.15) is 18.4 Å². The number of carbonyl (C=O) groups is 1. The van der Waals surface area contributed by atoms with E-state index in [4.69, 9.17) is 5.11 Å². The van der Waals surface area contributed by atoms with Gasteiger partial charge in [-0.25, -0.2) is 0 Å². The van der Waals surface area contributed by atoms with E-state index in [1.54, 1.807) is 19.2 Å². The van der Waals surface area contributed by atoms with Gasteiger partial charge in [-0.2, -0.15) is 12.7 Å². The van der Waals surface area contributed by atoms with Gasteiger partial charge in [-0.15, -0.1) is 0 Å². The highest BCUT2D eigenvalue weighted by Gasteiger charge is 2.32. The first-order chi connectivity index (χ1) is 9.40. The zero-order chi connectivity index (χ0) is 14.8. The summed E-state index contributed by atoms with van der Waals surface area (Å²) in [6.45, 7) is 2.10. The topological polar surface area (TPSA) is 99.6 Å². The van der Waals surface area contributed by atoms with Gasteiger partial charge in [0, 0.05) is 25.5 Å². The minimum absolute atomic E-state index is 0.00873. The number of carboxylic acids is 1. The molecule has 0 spiro atoms. The number of nitrogens with zero attached hydrogens (tertiary/aromatic N) is 2. The molecule has 1 fully saturated rings. The van der Waals surface area contributed by atoms with Crippen LogP contribution in [-0.4, -0.2) is 41.9 Å². The summed E-state index contributed by atoms with van der Waals surface area (Å²) in [6, 6.07) is 1.57. The fraction of sp³-hybridized carbons (Fsp3) is 0.500. The largest absolute Gasteiger partial charge is 0.481 e. The van der Waals surface area contributed by atoms with E-state index in [0.717, 1.165) is 0 Å². The molecule has 1 saturated heterocycles. The molecule has 0 aliphatic carbocycles. The predicted molar refractivity (Wildman–Crippen MR) is 73.4 cm³/mol. The summed E-state index contributed by atoms with van der Waals surface area (Å²) < 4.78 is 28.2. The van der Waals surface area contributed by atoms with Gasteiger partial charge in [0.25, 0.3) is 0 Å². The van der Waals surface area contributed by atoms with Gasteiger partial charge in [-0.05, 0) is 31.4 Å². The first-order valence-corrected chi connectivity index (χ1v) is 7.75. The molecular weight excluding hydrogens is 282 g/mol. The molecule has 0 radical (unpaired) electrons. The van der Waals surface area contributed by atoms with Crippen LogP contribution in [0.15, 0.2) is 18.5 Å². The van der Waals surface area contributed by atoms with Crippen molar-refractivity contribution < 1.29 is 18.3 Å². The molecule has 1 unspecified atom stereocenters. The molecule has 2 N–H and O–H groups in total. The zero-order valence-electron chi connectivity index (χ0n) is 11.1. The van der Waals surface area contributed by atoms with Gasteiger partial charge in [0.2, 0.25) is 0 Å². The van der Waals surface area contributed by atoms with Gasteiger partial charge in [0.05, 0.1) is 11.6 Å². The number of pyridine rings is 1. The average Bonchev–Trinajstić information content (AvgIpc) is 2.41. The van der Waals surface area contributed by atoms with Crippen LogP contribution in [-0.2, 0) is 15.0 Å². The Morgan fingerprint density at radius 3 is 2.95 bits per heavy atom. The van der Waals surface area contributed by atoms with E-state index in [1.807, 2.05) is 0 Å². The maximum Gasteiger partial charge on any atom is 0.307 e. The maximum atomic E-state index is 12.3. The molecule has 110 valence electrons. The molecule has 0 amide bonds. The highest BCUT2D eigenvalue weighted by atomic mass is 32.2. The standard InChI is InChI=1S/C12H17N3O4S/c1-9-7-13-5-4-11(9)14-20(18,19)15-6-2-3-10(8-15)12(16)17/h4-5,7,10H,2-3,6,8H2,1H3,(H,13,14)(H,16,17). The molecule has 8 heteroatoms. The molecule has 0 aromatic carbocycles. The van der Waals surface area contributed by atoms with Gasteiger partial charge in [0.15, 0.2) is 0 Å². The molecule has 2 heterocycles. The quantitative estimate of drug-likeness (QED) is 0.858. The lowest BCUT2D eigenvalue weighted by Crippen LogP contribution is -2.44. The Morgan fingerprint density at radius 1 is 1.55 bits per heavy atom. The number of piperidine rings is 1. The number of carboxylic acid groups (broad SMARTS) is 1. The summed E-state index contributed by atoms with van der Waals surface area (Å²) in [7, 11) is -3.73. The second-order valence-electron chi connectivity index (χ2n) is 4.83. The first-order valence-electron chi connectivity index (χ1n) is 6.31. The molecule has 1 aromatic heterocycles. The first kappa shape index (κ1) is 14.7. The van der Waals surface area contributed by atoms with E-state index in [-0.39, 0.29) is 6.54 Å². The molecule has 0 saturated carbocycles. The van der Waals surface area contributed by atoms with Crippen molar-refractivity contribution in [2.75, 3.05) is 17.8 Å². The lowest BCUT2D eigenvalue weighted by Gasteiger charge is -2.30. The SMILES string of the molecule is Cc1cnccc1NS(=O)(=O)N1CCCC(C(=O)O)C1. The van der Waals surface area contributed by atoms with Crippen molar-refractivity contribution >= 4 is 21.9 Å². The Bertz CT molecular complexity index is 602. The summed E-state index contributed by atoms with van der Waals surface area (Å²) in [5.74, 6) is -1.59. The van der Waals surface area contributed by atoms with Gasteiger partial charge in [-0.1, -0.05) is 0 Å². The Labute approximate surface area is 117 Å². The number of hydrogen-bond acceptors (Lipinski definition) is 4. The molecule has 0 bridgehead atoms. The van der Waals surface area contributed by atoms with Gasteiger partial charge >= 0.3 is 16.2 Å². The number of hydrogen-bond donors (Lipinski definition) is 2. The summed E-state index contributed by atoms with van der Waals surface area (Å²) in [5.41, 5.74) is 1.17. The Hall–Kier alpha value is -1.67. The number of aliphatic carboxylic acids is 1. The molecular formula is C12H17N3O4S. The van der Waals surface area contributed by atoms with Crippen LogP contribution in [0.4, 0.5) is 5.69 Å². The Kier molecular flexibility index (Phi) is 4.24. The third-order valence-corrected chi connectivity index (χ3v) is 4.82. The molecule has 1 aromatic rings. The van der Waals surface area contributed by atoms with Crippen molar-refractivity contribution in [1.29, 1.82) is 0 Å². The van der Waals surface area contributed by atoms with Gasteiger partial charge in [-0.3, -0.25) is 14.5 Å². The highest BCUT2D eigenvalue weighted by molar-refractivity contribution is 7.90. The lowest BCUT2D eigenvalue weighted by molar-refractivity contribution is -0.142. The zero-order valence-corrected chi connectivity index (χ0v) is 11.9. The van der Waals surface area contributed by atoms with Crippen molar-refractivity contribution in [1.82, 2.24) is 9.29 Å². The number of rotatable bonds is 4. The predicted octanol–water partition coefficient (Wildman–Crippen LogP) is 0.843. The van der Waals surface area contributed by atoms with E-state index >= 15 is 0 Å². The summed E-state index contributed by atoms with van der Waals surface area (Å²) >= 11 is 0. The Morgan fingerprint density at radius 2 is 2.30 bits per heavy atom. The lowest BCUT2D eigenvalue weighted by atomic mass is 10.0. The summed E-state index contributed by atoms with van der Waals surface area (Å²) in [4.78, 5) is 14.9. The third-order valence-electron chi connectivity index (χ3n) is 3.33. The van der Waals surface area contributed by atoms with Crippen molar-refractivity contribution in [3.8, 4) is 0 Å². The third kappa shape index (κ3) is 3.26. The molecule has 1 atom stereocenters. The average molecular weight is 299 g/mol. The Balaban J connectivity index is 2.14. The fourth-order valence-electron chi connectivity index (χ4n) is 2.15. The molecule has 7 nitrogen and oxygen atoms in total. The second-order valence-corrected chi connectivity index (χ2v) is 6.50. The highest BCUT2D eigenvalue weighted by Crippen LogP contribution is 2.21. The van der Waals surface area contributed by atoms with E-state index in [1.165, 1.54) is 10.5 Å².